The molecule has 5 rings (SSSR count). The Morgan fingerprint density at radius 3 is 2.39 bits per heavy atom. The monoisotopic (exact) mass is 460 g/mol. The molecule has 0 unspecified atom stereocenters. The summed E-state index contributed by atoms with van der Waals surface area (Å²) in [7, 11) is 0. The summed E-state index contributed by atoms with van der Waals surface area (Å²) in [4.78, 5) is 37.2. The summed E-state index contributed by atoms with van der Waals surface area (Å²) < 4.78 is 0. The normalized spacial score (nSPS) is 18.4. The molecule has 170 valence electrons. The molecular formula is C26H28N4O2S. The van der Waals surface area contributed by atoms with E-state index in [4.69, 9.17) is 0 Å². The summed E-state index contributed by atoms with van der Waals surface area (Å²) in [5.74, 6) is -0.0559. The van der Waals surface area contributed by atoms with E-state index in [9.17, 15) is 9.59 Å². The van der Waals surface area contributed by atoms with Crippen molar-refractivity contribution in [1.82, 2.24) is 19.7 Å². The van der Waals surface area contributed by atoms with E-state index in [1.54, 1.807) is 23.7 Å². The number of hydrogen-bond acceptors (Lipinski definition) is 5. The highest BCUT2D eigenvalue weighted by atomic mass is 32.1. The largest absolute Gasteiger partial charge is 0.328 e. The number of benzene rings is 1. The van der Waals surface area contributed by atoms with Gasteiger partial charge in [-0.25, -0.2) is 4.79 Å². The first-order chi connectivity index (χ1) is 16.2. The molecule has 3 aromatic rings. The van der Waals surface area contributed by atoms with Gasteiger partial charge >= 0.3 is 6.03 Å². The van der Waals surface area contributed by atoms with Crippen LogP contribution >= 0.6 is 11.3 Å². The molecule has 2 aliphatic rings. The Morgan fingerprint density at radius 1 is 0.909 bits per heavy atom. The minimum atomic E-state index is -0.751. The quantitative estimate of drug-likeness (QED) is 0.496. The van der Waals surface area contributed by atoms with E-state index < -0.39 is 5.54 Å². The Hall–Kier alpha value is -3.03. The van der Waals surface area contributed by atoms with Crippen molar-refractivity contribution in [2.45, 2.75) is 37.9 Å². The second-order valence-corrected chi connectivity index (χ2v) is 9.64. The van der Waals surface area contributed by atoms with E-state index in [0.29, 0.717) is 19.4 Å². The first kappa shape index (κ1) is 21.8. The van der Waals surface area contributed by atoms with E-state index in [0.717, 1.165) is 31.6 Å². The van der Waals surface area contributed by atoms with Crippen LogP contribution in [-0.2, 0) is 24.3 Å². The van der Waals surface area contributed by atoms with Crippen LogP contribution in [0.3, 0.4) is 0 Å². The zero-order chi connectivity index (χ0) is 22.7. The van der Waals surface area contributed by atoms with Crippen LogP contribution in [0.15, 0.2) is 71.7 Å². The van der Waals surface area contributed by atoms with Crippen LogP contribution in [0.4, 0.5) is 4.79 Å². The van der Waals surface area contributed by atoms with Gasteiger partial charge in [-0.1, -0.05) is 36.4 Å². The fourth-order valence-corrected chi connectivity index (χ4v) is 5.66. The van der Waals surface area contributed by atoms with E-state index in [-0.39, 0.29) is 18.5 Å². The Morgan fingerprint density at radius 2 is 1.70 bits per heavy atom. The number of likely N-dealkylation sites (tertiary alicyclic amines) is 1. The van der Waals surface area contributed by atoms with Crippen molar-refractivity contribution in [3.63, 3.8) is 0 Å². The Labute approximate surface area is 198 Å². The molecule has 1 aromatic carbocycles. The van der Waals surface area contributed by atoms with Crippen molar-refractivity contribution < 1.29 is 9.59 Å². The lowest BCUT2D eigenvalue weighted by Crippen LogP contribution is -2.56. The molecule has 0 saturated carbocycles. The first-order valence-electron chi connectivity index (χ1n) is 11.5. The number of aromatic nitrogens is 1. The summed E-state index contributed by atoms with van der Waals surface area (Å²) >= 11 is 1.71. The molecule has 0 bridgehead atoms. The van der Waals surface area contributed by atoms with Gasteiger partial charge in [0.15, 0.2) is 0 Å². The van der Waals surface area contributed by atoms with Crippen LogP contribution in [0.2, 0.25) is 0 Å². The molecule has 2 aromatic heterocycles. The maximum Gasteiger partial charge on any atom is 0.328 e. The third-order valence-corrected chi connectivity index (χ3v) is 7.55. The Kier molecular flexibility index (Phi) is 6.24. The van der Waals surface area contributed by atoms with Crippen LogP contribution in [0.5, 0.6) is 0 Å². The molecule has 33 heavy (non-hydrogen) atoms. The second-order valence-electron chi connectivity index (χ2n) is 8.86. The molecule has 6 nitrogen and oxygen atoms in total. The van der Waals surface area contributed by atoms with Crippen LogP contribution in [0.1, 0.15) is 29.5 Å². The lowest BCUT2D eigenvalue weighted by atomic mass is 9.85. The number of thiophene rings is 1. The van der Waals surface area contributed by atoms with Crippen molar-refractivity contribution in [3.8, 4) is 0 Å². The number of hydrogen-bond donors (Lipinski definition) is 0. The van der Waals surface area contributed by atoms with E-state index in [1.807, 2.05) is 35.2 Å². The first-order valence-corrected chi connectivity index (χ1v) is 12.4. The summed E-state index contributed by atoms with van der Waals surface area (Å²) in [6.07, 6.45) is 5.50. The van der Waals surface area contributed by atoms with Gasteiger partial charge < -0.3 is 4.90 Å². The molecule has 0 aliphatic carbocycles. The van der Waals surface area contributed by atoms with Gasteiger partial charge in [-0.05, 0) is 58.8 Å². The lowest BCUT2D eigenvalue weighted by Gasteiger charge is -2.42. The predicted octanol–water partition coefficient (Wildman–Crippen LogP) is 4.18. The number of rotatable bonds is 7. The lowest BCUT2D eigenvalue weighted by molar-refractivity contribution is -0.136. The second kappa shape index (κ2) is 9.45. The maximum atomic E-state index is 13.8. The smallest absolute Gasteiger partial charge is 0.309 e. The molecule has 7 heteroatoms. The van der Waals surface area contributed by atoms with Gasteiger partial charge in [0.1, 0.15) is 5.54 Å². The third kappa shape index (κ3) is 4.43. The number of piperidine rings is 1. The van der Waals surface area contributed by atoms with Crippen LogP contribution in [-0.4, -0.2) is 56.8 Å². The molecule has 0 radical (unpaired) electrons. The van der Waals surface area contributed by atoms with Crippen molar-refractivity contribution in [2.24, 2.45) is 0 Å². The molecule has 2 fully saturated rings. The molecule has 2 saturated heterocycles. The number of amides is 3. The van der Waals surface area contributed by atoms with Crippen LogP contribution in [0, 0.1) is 0 Å². The highest BCUT2D eigenvalue weighted by molar-refractivity contribution is 7.07. The molecular weight excluding hydrogens is 432 g/mol. The Balaban J connectivity index is 1.36. The standard InChI is InChI=1S/C26H28N4O2S/c31-24-26(10-14-28(15-11-26)18-23-9-16-33-20-23)30(13-8-21-5-2-1-3-6-21)25(32)29(24)19-22-7-4-12-27-17-22/h1-7,9,12,16-17,20H,8,10-11,13-15,18-19H2. The molecule has 0 N–H and O–H groups in total. The van der Waals surface area contributed by atoms with E-state index in [1.165, 1.54) is 16.0 Å². The Bertz CT molecular complexity index is 1080. The molecule has 0 atom stereocenters. The maximum absolute atomic E-state index is 13.8. The van der Waals surface area contributed by atoms with Crippen molar-refractivity contribution in [1.29, 1.82) is 0 Å². The van der Waals surface area contributed by atoms with Gasteiger partial charge in [-0.2, -0.15) is 11.3 Å². The molecule has 4 heterocycles. The highest BCUT2D eigenvalue weighted by Crippen LogP contribution is 2.38. The zero-order valence-corrected chi connectivity index (χ0v) is 19.4. The van der Waals surface area contributed by atoms with Gasteiger partial charge in [0.05, 0.1) is 6.54 Å². The van der Waals surface area contributed by atoms with E-state index in [2.05, 4.69) is 38.8 Å². The summed E-state index contributed by atoms with van der Waals surface area (Å²) in [5, 5.41) is 4.28. The highest BCUT2D eigenvalue weighted by Gasteiger charge is 2.57. The van der Waals surface area contributed by atoms with Gasteiger partial charge in [0, 0.05) is 38.6 Å². The van der Waals surface area contributed by atoms with Crippen molar-refractivity contribution in [2.75, 3.05) is 19.6 Å². The van der Waals surface area contributed by atoms with E-state index >= 15 is 0 Å². The number of nitrogens with zero attached hydrogens (tertiary/aromatic N) is 4. The number of imide groups is 1. The SMILES string of the molecule is O=C1N(Cc2cccnc2)C(=O)C2(CCN(Cc3ccsc3)CC2)N1CCc1ccccc1. The summed E-state index contributed by atoms with van der Waals surface area (Å²) in [6.45, 7) is 3.32. The average molecular weight is 461 g/mol. The number of urea groups is 1. The van der Waals surface area contributed by atoms with Crippen molar-refractivity contribution >= 4 is 23.3 Å². The van der Waals surface area contributed by atoms with Crippen LogP contribution < -0.4 is 0 Å². The summed E-state index contributed by atoms with van der Waals surface area (Å²) in [5.41, 5.74) is 2.60. The van der Waals surface area contributed by atoms with Gasteiger partial charge in [-0.15, -0.1) is 0 Å². The number of carbonyl (C=O) groups excluding carboxylic acids is 2. The van der Waals surface area contributed by atoms with Gasteiger partial charge in [0.2, 0.25) is 0 Å². The number of pyridine rings is 1. The van der Waals surface area contributed by atoms with Crippen molar-refractivity contribution in [3.05, 3.63) is 88.4 Å². The average Bonchev–Trinajstić information content (AvgIpc) is 3.43. The summed E-state index contributed by atoms with van der Waals surface area (Å²) in [6, 6.07) is 15.9. The van der Waals surface area contributed by atoms with Crippen LogP contribution in [0.25, 0.3) is 0 Å². The predicted molar refractivity (Wildman–Crippen MR) is 129 cm³/mol. The minimum absolute atomic E-state index is 0.0559. The third-order valence-electron chi connectivity index (χ3n) is 6.82. The van der Waals surface area contributed by atoms with Gasteiger partial charge in [-0.3, -0.25) is 19.6 Å². The fraction of sp³-hybridized carbons (Fsp3) is 0.346. The number of carbonyl (C=O) groups is 2. The fourth-order valence-electron chi connectivity index (χ4n) is 5.00. The molecule has 3 amide bonds. The van der Waals surface area contributed by atoms with Gasteiger partial charge in [0.25, 0.3) is 5.91 Å². The molecule has 1 spiro atoms. The molecule has 2 aliphatic heterocycles. The minimum Gasteiger partial charge on any atom is -0.309 e. The zero-order valence-electron chi connectivity index (χ0n) is 18.6. The topological polar surface area (TPSA) is 56.8 Å².